The Hall–Kier alpha value is -1.48. The lowest BCUT2D eigenvalue weighted by Crippen LogP contribution is -2.01. The Balaban J connectivity index is 2.09. The van der Waals surface area contributed by atoms with Crippen LogP contribution in [0.25, 0.3) is 0 Å². The molecule has 2 rings (SSSR count). The summed E-state index contributed by atoms with van der Waals surface area (Å²) < 4.78 is 6.82. The van der Waals surface area contributed by atoms with Gasteiger partial charge in [0.1, 0.15) is 12.4 Å². The zero-order valence-corrected chi connectivity index (χ0v) is 13.7. The molecule has 2 aromatic carbocycles. The first kappa shape index (κ1) is 14.9. The highest BCUT2D eigenvalue weighted by molar-refractivity contribution is 9.10. The molecule has 0 radical (unpaired) electrons. The molecule has 3 heteroatoms. The van der Waals surface area contributed by atoms with Crippen LogP contribution < -0.4 is 10.5 Å². The molecular weight excluding hydrogens is 314 g/mol. The quantitative estimate of drug-likeness (QED) is 0.795. The SMILES string of the molecule is Cc1cc(OCc2ccc(Br)cc2N)ccc1C(C)C. The molecule has 0 bridgehead atoms. The molecule has 106 valence electrons. The van der Waals surface area contributed by atoms with Crippen LogP contribution in [0.2, 0.25) is 0 Å². The number of anilines is 1. The standard InChI is InChI=1S/C17H20BrNO/c1-11(2)16-7-6-15(8-12(16)3)20-10-13-4-5-14(18)9-17(13)19/h4-9,11H,10,19H2,1-3H3. The Labute approximate surface area is 129 Å². The molecule has 2 N–H and O–H groups in total. The second-order valence-corrected chi connectivity index (χ2v) is 6.22. The molecule has 20 heavy (non-hydrogen) atoms. The van der Waals surface area contributed by atoms with Gasteiger partial charge in [0.05, 0.1) is 0 Å². The van der Waals surface area contributed by atoms with Gasteiger partial charge in [-0.05, 0) is 48.2 Å². The van der Waals surface area contributed by atoms with Gasteiger partial charge >= 0.3 is 0 Å². The summed E-state index contributed by atoms with van der Waals surface area (Å²) in [4.78, 5) is 0. The third-order valence-corrected chi connectivity index (χ3v) is 3.86. The van der Waals surface area contributed by atoms with E-state index in [2.05, 4.69) is 48.8 Å². The maximum atomic E-state index is 5.97. The van der Waals surface area contributed by atoms with E-state index in [-0.39, 0.29) is 0 Å². The Morgan fingerprint density at radius 2 is 1.90 bits per heavy atom. The van der Waals surface area contributed by atoms with E-state index in [9.17, 15) is 0 Å². The van der Waals surface area contributed by atoms with E-state index in [1.807, 2.05) is 24.3 Å². The largest absolute Gasteiger partial charge is 0.489 e. The van der Waals surface area contributed by atoms with Gasteiger partial charge in [-0.3, -0.25) is 0 Å². The maximum absolute atomic E-state index is 5.97. The number of nitrogens with two attached hydrogens (primary N) is 1. The Morgan fingerprint density at radius 1 is 1.15 bits per heavy atom. The number of aryl methyl sites for hydroxylation is 1. The zero-order chi connectivity index (χ0) is 14.7. The van der Waals surface area contributed by atoms with Crippen LogP contribution in [0.1, 0.15) is 36.5 Å². The molecule has 0 atom stereocenters. The molecule has 2 aromatic rings. The van der Waals surface area contributed by atoms with Crippen molar-refractivity contribution in [3.8, 4) is 5.75 Å². The predicted octanol–water partition coefficient (Wildman–Crippen LogP) is 5.04. The van der Waals surface area contributed by atoms with Gasteiger partial charge in [-0.25, -0.2) is 0 Å². The lowest BCUT2D eigenvalue weighted by molar-refractivity contribution is 0.306. The molecule has 0 saturated heterocycles. The summed E-state index contributed by atoms with van der Waals surface area (Å²) in [6.45, 7) is 7.01. The molecule has 0 aliphatic heterocycles. The second-order valence-electron chi connectivity index (χ2n) is 5.30. The van der Waals surface area contributed by atoms with Crippen LogP contribution >= 0.6 is 15.9 Å². The van der Waals surface area contributed by atoms with E-state index >= 15 is 0 Å². The molecule has 0 saturated carbocycles. The van der Waals surface area contributed by atoms with Gasteiger partial charge in [0.2, 0.25) is 0 Å². The highest BCUT2D eigenvalue weighted by atomic mass is 79.9. The molecule has 0 spiro atoms. The molecule has 0 aromatic heterocycles. The van der Waals surface area contributed by atoms with Crippen molar-refractivity contribution in [3.05, 3.63) is 57.6 Å². The fourth-order valence-corrected chi connectivity index (χ4v) is 2.62. The van der Waals surface area contributed by atoms with E-state index in [1.165, 1.54) is 11.1 Å². The van der Waals surface area contributed by atoms with Crippen LogP contribution in [0.15, 0.2) is 40.9 Å². The van der Waals surface area contributed by atoms with Crippen molar-refractivity contribution in [1.82, 2.24) is 0 Å². The first-order valence-electron chi connectivity index (χ1n) is 6.74. The van der Waals surface area contributed by atoms with Gasteiger partial charge in [0.25, 0.3) is 0 Å². The lowest BCUT2D eigenvalue weighted by Gasteiger charge is -2.13. The van der Waals surface area contributed by atoms with Gasteiger partial charge in [-0.15, -0.1) is 0 Å². The Kier molecular flexibility index (Phi) is 4.71. The summed E-state index contributed by atoms with van der Waals surface area (Å²) in [5.74, 6) is 1.42. The van der Waals surface area contributed by atoms with Gasteiger partial charge in [-0.1, -0.05) is 41.9 Å². The average Bonchev–Trinajstić information content (AvgIpc) is 2.37. The van der Waals surface area contributed by atoms with Gasteiger partial charge < -0.3 is 10.5 Å². The van der Waals surface area contributed by atoms with E-state index in [0.717, 1.165) is 21.5 Å². The van der Waals surface area contributed by atoms with Crippen LogP contribution in [-0.2, 0) is 6.61 Å². The summed E-state index contributed by atoms with van der Waals surface area (Å²) in [6.07, 6.45) is 0. The Bertz CT molecular complexity index is 608. The number of nitrogen functional groups attached to an aromatic ring is 1. The summed E-state index contributed by atoms with van der Waals surface area (Å²) in [5, 5.41) is 0. The minimum atomic E-state index is 0.486. The van der Waals surface area contributed by atoms with Crippen molar-refractivity contribution in [3.63, 3.8) is 0 Å². The smallest absolute Gasteiger partial charge is 0.120 e. The molecule has 0 unspecified atom stereocenters. The van der Waals surface area contributed by atoms with E-state index in [0.29, 0.717) is 12.5 Å². The molecule has 0 aliphatic carbocycles. The number of ether oxygens (including phenoxy) is 1. The van der Waals surface area contributed by atoms with Crippen molar-refractivity contribution < 1.29 is 4.74 Å². The fraction of sp³-hybridized carbons (Fsp3) is 0.294. The highest BCUT2D eigenvalue weighted by Crippen LogP contribution is 2.25. The molecule has 2 nitrogen and oxygen atoms in total. The summed E-state index contributed by atoms with van der Waals surface area (Å²) in [5.41, 5.74) is 10.3. The molecule has 0 amide bonds. The van der Waals surface area contributed by atoms with Crippen molar-refractivity contribution in [2.75, 3.05) is 5.73 Å². The van der Waals surface area contributed by atoms with Crippen LogP contribution in [0.4, 0.5) is 5.69 Å². The van der Waals surface area contributed by atoms with Crippen LogP contribution in [-0.4, -0.2) is 0 Å². The summed E-state index contributed by atoms with van der Waals surface area (Å²) in [6, 6.07) is 12.1. The Morgan fingerprint density at radius 3 is 2.50 bits per heavy atom. The van der Waals surface area contributed by atoms with E-state index in [1.54, 1.807) is 0 Å². The van der Waals surface area contributed by atoms with E-state index < -0.39 is 0 Å². The maximum Gasteiger partial charge on any atom is 0.120 e. The number of halogens is 1. The molecule has 0 aliphatic rings. The minimum Gasteiger partial charge on any atom is -0.489 e. The van der Waals surface area contributed by atoms with Crippen molar-refractivity contribution in [2.24, 2.45) is 0 Å². The van der Waals surface area contributed by atoms with Crippen molar-refractivity contribution in [2.45, 2.75) is 33.3 Å². The van der Waals surface area contributed by atoms with E-state index in [4.69, 9.17) is 10.5 Å². The molecule has 0 fully saturated rings. The van der Waals surface area contributed by atoms with Gasteiger partial charge in [0, 0.05) is 15.7 Å². The number of hydrogen-bond donors (Lipinski definition) is 1. The van der Waals surface area contributed by atoms with Crippen molar-refractivity contribution >= 4 is 21.6 Å². The fourth-order valence-electron chi connectivity index (χ4n) is 2.24. The first-order valence-corrected chi connectivity index (χ1v) is 7.54. The van der Waals surface area contributed by atoms with Gasteiger partial charge in [0.15, 0.2) is 0 Å². The first-order chi connectivity index (χ1) is 9.47. The summed E-state index contributed by atoms with van der Waals surface area (Å²) in [7, 11) is 0. The third-order valence-electron chi connectivity index (χ3n) is 3.37. The topological polar surface area (TPSA) is 35.2 Å². The number of benzene rings is 2. The van der Waals surface area contributed by atoms with Gasteiger partial charge in [-0.2, -0.15) is 0 Å². The van der Waals surface area contributed by atoms with Crippen LogP contribution in [0, 0.1) is 6.92 Å². The molecular formula is C17H20BrNO. The number of hydrogen-bond acceptors (Lipinski definition) is 2. The van der Waals surface area contributed by atoms with Crippen molar-refractivity contribution in [1.29, 1.82) is 0 Å². The second kappa shape index (κ2) is 6.31. The minimum absolute atomic E-state index is 0.486. The normalized spacial score (nSPS) is 10.8. The monoisotopic (exact) mass is 333 g/mol. The summed E-state index contributed by atoms with van der Waals surface area (Å²) >= 11 is 3.40. The molecule has 0 heterocycles. The van der Waals surface area contributed by atoms with Crippen LogP contribution in [0.3, 0.4) is 0 Å². The third kappa shape index (κ3) is 3.54. The lowest BCUT2D eigenvalue weighted by atomic mass is 9.98. The number of rotatable bonds is 4. The average molecular weight is 334 g/mol. The highest BCUT2D eigenvalue weighted by Gasteiger charge is 2.06. The predicted molar refractivity (Wildman–Crippen MR) is 88.2 cm³/mol. The van der Waals surface area contributed by atoms with Crippen LogP contribution in [0.5, 0.6) is 5.75 Å². The zero-order valence-electron chi connectivity index (χ0n) is 12.1.